The lowest BCUT2D eigenvalue weighted by Gasteiger charge is -2.08. The number of methoxy groups -OCH3 is 1. The number of aromatic nitrogens is 2. The minimum atomic E-state index is -0.363. The van der Waals surface area contributed by atoms with E-state index in [2.05, 4.69) is 11.9 Å². The van der Waals surface area contributed by atoms with Crippen molar-refractivity contribution in [3.63, 3.8) is 0 Å². The lowest BCUT2D eigenvalue weighted by atomic mass is 10.1. The molecule has 2 aromatic heterocycles. The molecule has 2 heterocycles. The van der Waals surface area contributed by atoms with Crippen LogP contribution in [0.25, 0.3) is 16.9 Å². The van der Waals surface area contributed by atoms with E-state index < -0.39 is 0 Å². The quantitative estimate of drug-likeness (QED) is 0.691. The highest BCUT2D eigenvalue weighted by molar-refractivity contribution is 5.89. The van der Waals surface area contributed by atoms with Gasteiger partial charge in [0.1, 0.15) is 11.3 Å². The summed E-state index contributed by atoms with van der Waals surface area (Å²) in [6, 6.07) is 15.5. The van der Waals surface area contributed by atoms with Crippen LogP contribution in [0.4, 0.5) is 0 Å². The third-order valence-electron chi connectivity index (χ3n) is 3.49. The number of imidazole rings is 1. The fourth-order valence-electron chi connectivity index (χ4n) is 2.54. The van der Waals surface area contributed by atoms with E-state index in [9.17, 15) is 4.79 Å². The van der Waals surface area contributed by atoms with Gasteiger partial charge in [-0.15, -0.1) is 0 Å². The van der Waals surface area contributed by atoms with Crippen molar-refractivity contribution < 1.29 is 9.53 Å². The first kappa shape index (κ1) is 13.4. The smallest absolute Gasteiger partial charge is 0.355 e. The average molecular weight is 280 g/mol. The Morgan fingerprint density at radius 1 is 1.14 bits per heavy atom. The molecule has 0 radical (unpaired) electrons. The fraction of sp³-hybridized carbons (Fsp3) is 0.176. The van der Waals surface area contributed by atoms with Crippen molar-refractivity contribution in [3.05, 3.63) is 59.9 Å². The second-order valence-corrected chi connectivity index (χ2v) is 4.72. The Labute approximate surface area is 123 Å². The van der Waals surface area contributed by atoms with Gasteiger partial charge in [0.15, 0.2) is 0 Å². The summed E-state index contributed by atoms with van der Waals surface area (Å²) in [6.07, 6.45) is 0.798. The van der Waals surface area contributed by atoms with Crippen LogP contribution in [-0.2, 0) is 11.2 Å². The molecule has 4 nitrogen and oxygen atoms in total. The summed E-state index contributed by atoms with van der Waals surface area (Å²) in [7, 11) is 1.39. The SMILES string of the molecule is CCc1nc2cccc(C(=O)OC)n2c1-c1ccccc1. The monoisotopic (exact) mass is 280 g/mol. The van der Waals surface area contributed by atoms with Crippen molar-refractivity contribution in [3.8, 4) is 11.3 Å². The van der Waals surface area contributed by atoms with E-state index >= 15 is 0 Å². The zero-order chi connectivity index (χ0) is 14.8. The Hall–Kier alpha value is -2.62. The highest BCUT2D eigenvalue weighted by Crippen LogP contribution is 2.27. The Morgan fingerprint density at radius 3 is 2.57 bits per heavy atom. The van der Waals surface area contributed by atoms with E-state index in [-0.39, 0.29) is 5.97 Å². The highest BCUT2D eigenvalue weighted by Gasteiger charge is 2.18. The molecule has 3 aromatic rings. The average Bonchev–Trinajstić information content (AvgIpc) is 2.93. The van der Waals surface area contributed by atoms with Crippen LogP contribution >= 0.6 is 0 Å². The molecule has 0 unspecified atom stereocenters. The number of hydrogen-bond acceptors (Lipinski definition) is 3. The molecule has 0 saturated heterocycles. The van der Waals surface area contributed by atoms with Crippen molar-refractivity contribution in [2.45, 2.75) is 13.3 Å². The Kier molecular flexibility index (Phi) is 3.44. The number of benzene rings is 1. The van der Waals surface area contributed by atoms with E-state index in [0.717, 1.165) is 29.0 Å². The second-order valence-electron chi connectivity index (χ2n) is 4.72. The number of esters is 1. The number of rotatable bonds is 3. The Bertz CT molecular complexity index is 791. The van der Waals surface area contributed by atoms with Gasteiger partial charge in [0.2, 0.25) is 0 Å². The molecule has 0 aliphatic heterocycles. The summed E-state index contributed by atoms with van der Waals surface area (Å²) in [5.41, 5.74) is 4.21. The van der Waals surface area contributed by atoms with Gasteiger partial charge < -0.3 is 4.74 Å². The van der Waals surface area contributed by atoms with Gasteiger partial charge in [-0.25, -0.2) is 9.78 Å². The molecule has 1 aromatic carbocycles. The van der Waals surface area contributed by atoms with Gasteiger partial charge in [-0.2, -0.15) is 0 Å². The molecular formula is C17H16N2O2. The fourth-order valence-corrected chi connectivity index (χ4v) is 2.54. The molecule has 0 fully saturated rings. The van der Waals surface area contributed by atoms with Gasteiger partial charge in [-0.1, -0.05) is 43.3 Å². The zero-order valence-electron chi connectivity index (χ0n) is 12.0. The van der Waals surface area contributed by atoms with E-state index in [0.29, 0.717) is 5.69 Å². The van der Waals surface area contributed by atoms with Gasteiger partial charge in [-0.05, 0) is 18.6 Å². The van der Waals surface area contributed by atoms with Crippen LogP contribution in [0.2, 0.25) is 0 Å². The van der Waals surface area contributed by atoms with E-state index in [1.165, 1.54) is 7.11 Å². The van der Waals surface area contributed by atoms with E-state index in [1.807, 2.05) is 46.9 Å². The van der Waals surface area contributed by atoms with Gasteiger partial charge in [0.05, 0.1) is 18.5 Å². The predicted molar refractivity (Wildman–Crippen MR) is 81.3 cm³/mol. The van der Waals surface area contributed by atoms with E-state index in [1.54, 1.807) is 6.07 Å². The van der Waals surface area contributed by atoms with Gasteiger partial charge in [0, 0.05) is 5.56 Å². The first-order valence-corrected chi connectivity index (χ1v) is 6.90. The summed E-state index contributed by atoms with van der Waals surface area (Å²) in [5.74, 6) is -0.363. The third-order valence-corrected chi connectivity index (χ3v) is 3.49. The van der Waals surface area contributed by atoms with Gasteiger partial charge in [0.25, 0.3) is 0 Å². The number of pyridine rings is 1. The van der Waals surface area contributed by atoms with Crippen molar-refractivity contribution in [1.29, 1.82) is 0 Å². The lowest BCUT2D eigenvalue weighted by molar-refractivity contribution is 0.0592. The van der Waals surface area contributed by atoms with Crippen molar-refractivity contribution in [2.24, 2.45) is 0 Å². The minimum Gasteiger partial charge on any atom is -0.464 e. The molecule has 0 aliphatic carbocycles. The van der Waals surface area contributed by atoms with Crippen molar-refractivity contribution in [1.82, 2.24) is 9.38 Å². The van der Waals surface area contributed by atoms with Crippen LogP contribution in [0.15, 0.2) is 48.5 Å². The number of ether oxygens (including phenoxy) is 1. The van der Waals surface area contributed by atoms with Crippen LogP contribution in [0.1, 0.15) is 23.1 Å². The maximum Gasteiger partial charge on any atom is 0.355 e. The topological polar surface area (TPSA) is 43.6 Å². The summed E-state index contributed by atoms with van der Waals surface area (Å²) < 4.78 is 6.77. The summed E-state index contributed by atoms with van der Waals surface area (Å²) in [4.78, 5) is 16.7. The molecule has 3 rings (SSSR count). The van der Waals surface area contributed by atoms with Crippen LogP contribution in [0.3, 0.4) is 0 Å². The van der Waals surface area contributed by atoms with Crippen LogP contribution in [0.5, 0.6) is 0 Å². The molecule has 0 spiro atoms. The standard InChI is InChI=1S/C17H16N2O2/c1-3-13-16(12-8-5-4-6-9-12)19-14(17(20)21-2)10-7-11-15(19)18-13/h4-11H,3H2,1-2H3. The van der Waals surface area contributed by atoms with Crippen LogP contribution in [0, 0.1) is 0 Å². The molecule has 0 atom stereocenters. The number of carbonyl (C=O) groups is 1. The molecule has 0 amide bonds. The van der Waals surface area contributed by atoms with Crippen molar-refractivity contribution in [2.75, 3.05) is 7.11 Å². The molecular weight excluding hydrogens is 264 g/mol. The highest BCUT2D eigenvalue weighted by atomic mass is 16.5. The van der Waals surface area contributed by atoms with E-state index in [4.69, 9.17) is 4.74 Å². The Balaban J connectivity index is 2.38. The molecule has 106 valence electrons. The number of nitrogens with zero attached hydrogens (tertiary/aromatic N) is 2. The molecule has 0 N–H and O–H groups in total. The van der Waals surface area contributed by atoms with Gasteiger partial charge in [-0.3, -0.25) is 4.40 Å². The minimum absolute atomic E-state index is 0.363. The lowest BCUT2D eigenvalue weighted by Crippen LogP contribution is -2.08. The second kappa shape index (κ2) is 5.40. The zero-order valence-corrected chi connectivity index (χ0v) is 12.0. The first-order valence-electron chi connectivity index (χ1n) is 6.90. The number of hydrogen-bond donors (Lipinski definition) is 0. The maximum absolute atomic E-state index is 12.0. The summed E-state index contributed by atoms with van der Waals surface area (Å²) in [6.45, 7) is 2.06. The first-order chi connectivity index (χ1) is 10.3. The number of carbonyl (C=O) groups excluding carboxylic acids is 1. The normalized spacial score (nSPS) is 10.8. The van der Waals surface area contributed by atoms with Crippen LogP contribution in [-0.4, -0.2) is 22.5 Å². The Morgan fingerprint density at radius 2 is 1.90 bits per heavy atom. The molecule has 0 bridgehead atoms. The van der Waals surface area contributed by atoms with Crippen LogP contribution < -0.4 is 0 Å². The molecule has 4 heteroatoms. The summed E-state index contributed by atoms with van der Waals surface area (Å²) in [5, 5.41) is 0. The number of aryl methyl sites for hydroxylation is 1. The summed E-state index contributed by atoms with van der Waals surface area (Å²) >= 11 is 0. The largest absolute Gasteiger partial charge is 0.464 e. The molecule has 0 saturated carbocycles. The molecule has 0 aliphatic rings. The predicted octanol–water partition coefficient (Wildman–Crippen LogP) is 3.35. The van der Waals surface area contributed by atoms with Gasteiger partial charge >= 0.3 is 5.97 Å². The van der Waals surface area contributed by atoms with Crippen molar-refractivity contribution >= 4 is 11.6 Å². The molecule has 21 heavy (non-hydrogen) atoms. The number of fused-ring (bicyclic) bond motifs is 1. The third kappa shape index (κ3) is 2.18. The maximum atomic E-state index is 12.0.